The van der Waals surface area contributed by atoms with Crippen molar-refractivity contribution in [3.05, 3.63) is 53.6 Å². The minimum atomic E-state index is 0.274. The average Bonchev–Trinajstić information content (AvgIpc) is 3.05. The van der Waals surface area contributed by atoms with E-state index in [-0.39, 0.29) is 5.75 Å². The lowest BCUT2D eigenvalue weighted by Gasteiger charge is -2.25. The molecule has 122 valence electrons. The maximum Gasteiger partial charge on any atom is 0.138 e. The monoisotopic (exact) mass is 312 g/mol. The summed E-state index contributed by atoms with van der Waals surface area (Å²) in [5.74, 6) is 0.926. The fourth-order valence-electron chi connectivity index (χ4n) is 3.10. The molecule has 0 aromatic carbocycles. The first-order valence-corrected chi connectivity index (χ1v) is 8.18. The highest BCUT2D eigenvalue weighted by molar-refractivity contribution is 5.27. The van der Waals surface area contributed by atoms with Crippen LogP contribution in [0.4, 0.5) is 0 Å². The molecule has 1 aliphatic rings. The molecule has 2 aromatic rings. The molecule has 5 nitrogen and oxygen atoms in total. The van der Waals surface area contributed by atoms with E-state index in [2.05, 4.69) is 26.3 Å². The van der Waals surface area contributed by atoms with Gasteiger partial charge in [0.05, 0.1) is 5.69 Å². The van der Waals surface area contributed by atoms with Gasteiger partial charge in [-0.25, -0.2) is 0 Å². The second-order valence-electron chi connectivity index (χ2n) is 6.31. The van der Waals surface area contributed by atoms with Gasteiger partial charge >= 0.3 is 0 Å². The van der Waals surface area contributed by atoms with E-state index in [0.717, 1.165) is 37.6 Å². The molecular weight excluding hydrogens is 288 g/mol. The van der Waals surface area contributed by atoms with Crippen molar-refractivity contribution in [1.82, 2.24) is 20.2 Å². The third kappa shape index (κ3) is 4.50. The van der Waals surface area contributed by atoms with Crippen LogP contribution in [-0.4, -0.2) is 39.6 Å². The van der Waals surface area contributed by atoms with Crippen LogP contribution in [0.1, 0.15) is 23.4 Å². The summed E-state index contributed by atoms with van der Waals surface area (Å²) in [5.41, 5.74) is 2.87. The molecular formula is C18H24N4O. The molecule has 0 aliphatic carbocycles. The summed E-state index contributed by atoms with van der Waals surface area (Å²) in [5, 5.41) is 13.5. The Kier molecular flexibility index (Phi) is 5.20. The number of pyridine rings is 2. The predicted molar refractivity (Wildman–Crippen MR) is 90.0 cm³/mol. The molecule has 23 heavy (non-hydrogen) atoms. The number of aromatic hydroxyl groups is 1. The van der Waals surface area contributed by atoms with Gasteiger partial charge in [0.1, 0.15) is 5.75 Å². The third-order valence-corrected chi connectivity index (χ3v) is 4.27. The largest absolute Gasteiger partial charge is 0.506 e. The van der Waals surface area contributed by atoms with Gasteiger partial charge in [0, 0.05) is 37.7 Å². The second-order valence-corrected chi connectivity index (χ2v) is 6.31. The topological polar surface area (TPSA) is 61.3 Å². The van der Waals surface area contributed by atoms with Gasteiger partial charge in [0.15, 0.2) is 0 Å². The molecule has 3 heterocycles. The Morgan fingerprint density at radius 2 is 2.22 bits per heavy atom. The molecule has 2 N–H and O–H groups in total. The average molecular weight is 312 g/mol. The van der Waals surface area contributed by atoms with E-state index in [4.69, 9.17) is 0 Å². The lowest BCUT2D eigenvalue weighted by atomic mass is 10.1. The normalized spacial score (nSPS) is 17.7. The summed E-state index contributed by atoms with van der Waals surface area (Å²) in [7, 11) is 0. The number of hydrogen-bond acceptors (Lipinski definition) is 5. The van der Waals surface area contributed by atoms with Crippen molar-refractivity contribution in [1.29, 1.82) is 0 Å². The first-order chi connectivity index (χ1) is 11.2. The number of hydrogen-bond donors (Lipinski definition) is 2. The maximum atomic E-state index is 10.1. The molecule has 0 unspecified atom stereocenters. The fourth-order valence-corrected chi connectivity index (χ4v) is 3.10. The van der Waals surface area contributed by atoms with Crippen LogP contribution >= 0.6 is 0 Å². The highest BCUT2D eigenvalue weighted by atomic mass is 16.3. The van der Waals surface area contributed by atoms with E-state index in [0.29, 0.717) is 12.5 Å². The van der Waals surface area contributed by atoms with Crippen molar-refractivity contribution in [2.75, 3.05) is 19.6 Å². The van der Waals surface area contributed by atoms with Crippen molar-refractivity contribution in [3.8, 4) is 5.75 Å². The third-order valence-electron chi connectivity index (χ3n) is 4.27. The van der Waals surface area contributed by atoms with E-state index in [1.54, 1.807) is 12.3 Å². The summed E-state index contributed by atoms with van der Waals surface area (Å²) in [4.78, 5) is 11.1. The van der Waals surface area contributed by atoms with Gasteiger partial charge in [-0.2, -0.15) is 0 Å². The summed E-state index contributed by atoms with van der Waals surface area (Å²) in [6.45, 7) is 6.58. The molecule has 1 aliphatic heterocycles. The first-order valence-electron chi connectivity index (χ1n) is 8.18. The Hall–Kier alpha value is -1.98. The van der Waals surface area contributed by atoms with E-state index in [9.17, 15) is 5.11 Å². The van der Waals surface area contributed by atoms with Crippen molar-refractivity contribution >= 4 is 0 Å². The zero-order valence-electron chi connectivity index (χ0n) is 13.6. The first kappa shape index (κ1) is 15.9. The van der Waals surface area contributed by atoms with Gasteiger partial charge < -0.3 is 10.4 Å². The standard InChI is InChI=1S/C18H24N4O/c1-14-4-5-18(23)17(21-14)13-22(12-16-6-8-20-10-16)11-15-3-2-7-19-9-15/h2-5,7,9,16,20,23H,6,8,10-13H2,1H3/t16-/m1/s1. The Morgan fingerprint density at radius 3 is 2.96 bits per heavy atom. The van der Waals surface area contributed by atoms with Crippen molar-refractivity contribution in [2.24, 2.45) is 5.92 Å². The van der Waals surface area contributed by atoms with Crippen LogP contribution in [0.25, 0.3) is 0 Å². The molecule has 0 saturated carbocycles. The van der Waals surface area contributed by atoms with E-state index < -0.39 is 0 Å². The van der Waals surface area contributed by atoms with Gasteiger partial charge in [0.2, 0.25) is 0 Å². The smallest absolute Gasteiger partial charge is 0.138 e. The van der Waals surface area contributed by atoms with Gasteiger partial charge in [-0.3, -0.25) is 14.9 Å². The van der Waals surface area contributed by atoms with Crippen LogP contribution in [0, 0.1) is 12.8 Å². The van der Waals surface area contributed by atoms with Crippen LogP contribution in [0.3, 0.4) is 0 Å². The highest BCUT2D eigenvalue weighted by Crippen LogP contribution is 2.20. The molecule has 1 fully saturated rings. The zero-order chi connectivity index (χ0) is 16.1. The van der Waals surface area contributed by atoms with Crippen LogP contribution < -0.4 is 5.32 Å². The molecule has 5 heteroatoms. The van der Waals surface area contributed by atoms with Gasteiger partial charge in [0.25, 0.3) is 0 Å². The van der Waals surface area contributed by atoms with E-state index in [1.807, 2.05) is 25.3 Å². The highest BCUT2D eigenvalue weighted by Gasteiger charge is 2.20. The fraction of sp³-hybridized carbons (Fsp3) is 0.444. The molecule has 3 rings (SSSR count). The lowest BCUT2D eigenvalue weighted by Crippen LogP contribution is -2.30. The predicted octanol–water partition coefficient (Wildman–Crippen LogP) is 2.10. The molecule has 1 atom stereocenters. The van der Waals surface area contributed by atoms with Crippen molar-refractivity contribution in [3.63, 3.8) is 0 Å². The van der Waals surface area contributed by atoms with Gasteiger partial charge in [-0.15, -0.1) is 0 Å². The number of rotatable bonds is 6. The van der Waals surface area contributed by atoms with Crippen LogP contribution in [-0.2, 0) is 13.1 Å². The maximum absolute atomic E-state index is 10.1. The number of aromatic nitrogens is 2. The molecule has 0 radical (unpaired) electrons. The zero-order valence-corrected chi connectivity index (χ0v) is 13.6. The van der Waals surface area contributed by atoms with Crippen LogP contribution in [0.2, 0.25) is 0 Å². The Balaban J connectivity index is 1.74. The van der Waals surface area contributed by atoms with Crippen molar-refractivity contribution < 1.29 is 5.11 Å². The summed E-state index contributed by atoms with van der Waals surface area (Å²) >= 11 is 0. The van der Waals surface area contributed by atoms with Crippen LogP contribution in [0.15, 0.2) is 36.7 Å². The van der Waals surface area contributed by atoms with Gasteiger partial charge in [-0.1, -0.05) is 6.07 Å². The minimum absolute atomic E-state index is 0.274. The Morgan fingerprint density at radius 1 is 1.30 bits per heavy atom. The minimum Gasteiger partial charge on any atom is -0.506 e. The lowest BCUT2D eigenvalue weighted by molar-refractivity contribution is 0.215. The summed E-state index contributed by atoms with van der Waals surface area (Å²) in [6.07, 6.45) is 4.91. The molecule has 0 spiro atoms. The summed E-state index contributed by atoms with van der Waals surface area (Å²) < 4.78 is 0. The quantitative estimate of drug-likeness (QED) is 0.855. The van der Waals surface area contributed by atoms with Crippen LogP contribution in [0.5, 0.6) is 5.75 Å². The second kappa shape index (κ2) is 7.53. The SMILES string of the molecule is Cc1ccc(O)c(CN(Cc2cccnc2)C[C@@H]2CCNC2)n1. The van der Waals surface area contributed by atoms with E-state index in [1.165, 1.54) is 12.0 Å². The summed E-state index contributed by atoms with van der Waals surface area (Å²) in [6, 6.07) is 7.63. The molecule has 1 saturated heterocycles. The Bertz CT molecular complexity index is 626. The number of nitrogens with one attached hydrogen (secondary N) is 1. The Labute approximate surface area is 137 Å². The van der Waals surface area contributed by atoms with E-state index >= 15 is 0 Å². The molecule has 0 bridgehead atoms. The van der Waals surface area contributed by atoms with Crippen molar-refractivity contribution in [2.45, 2.75) is 26.4 Å². The number of aryl methyl sites for hydroxylation is 1. The number of nitrogens with zero attached hydrogens (tertiary/aromatic N) is 3. The molecule has 2 aromatic heterocycles. The van der Waals surface area contributed by atoms with Gasteiger partial charge in [-0.05, 0) is 56.1 Å². The molecule has 0 amide bonds.